The molecule has 4 nitrogen and oxygen atoms in total. The smallest absolute Gasteiger partial charge is 0.146 e. The van der Waals surface area contributed by atoms with E-state index in [0.29, 0.717) is 0 Å². The van der Waals surface area contributed by atoms with E-state index in [2.05, 4.69) is 32.1 Å². The summed E-state index contributed by atoms with van der Waals surface area (Å²) in [6.45, 7) is 0. The maximum absolute atomic E-state index is 4.50. The van der Waals surface area contributed by atoms with Gasteiger partial charge < -0.3 is 0 Å². The first kappa shape index (κ1) is 11.0. The molecule has 0 spiro atoms. The third-order valence-corrected chi connectivity index (χ3v) is 3.93. The Labute approximate surface area is 108 Å². The van der Waals surface area contributed by atoms with Gasteiger partial charge in [-0.3, -0.25) is 0 Å². The Bertz CT molecular complexity index is 548. The van der Waals surface area contributed by atoms with Crippen molar-refractivity contribution in [2.24, 2.45) is 25.9 Å². The molecule has 1 atom stereocenters. The van der Waals surface area contributed by atoms with Crippen molar-refractivity contribution in [2.45, 2.75) is 0 Å². The van der Waals surface area contributed by atoms with E-state index in [1.165, 1.54) is 5.57 Å². The van der Waals surface area contributed by atoms with Crippen LogP contribution in [0.5, 0.6) is 0 Å². The van der Waals surface area contributed by atoms with Crippen LogP contribution in [0.15, 0.2) is 42.7 Å². The highest BCUT2D eigenvalue weighted by Gasteiger charge is 2.33. The van der Waals surface area contributed by atoms with Gasteiger partial charge in [-0.25, -0.2) is 20.0 Å². The van der Waals surface area contributed by atoms with Crippen molar-refractivity contribution in [3.05, 3.63) is 22.8 Å². The van der Waals surface area contributed by atoms with E-state index < -0.39 is 0 Å². The monoisotopic (exact) mass is 262 g/mol. The molecule has 0 aromatic carbocycles. The van der Waals surface area contributed by atoms with Gasteiger partial charge in [-0.15, -0.1) is 23.5 Å². The molecule has 0 saturated heterocycles. The van der Waals surface area contributed by atoms with Gasteiger partial charge in [0.1, 0.15) is 23.9 Å². The summed E-state index contributed by atoms with van der Waals surface area (Å²) in [5.74, 6) is 1.64. The molecule has 3 aliphatic rings. The first-order chi connectivity index (χ1) is 8.31. The van der Waals surface area contributed by atoms with Crippen LogP contribution in [0, 0.1) is 5.92 Å². The molecule has 0 aromatic rings. The zero-order valence-electron chi connectivity index (χ0n) is 9.41. The minimum atomic E-state index is 0.0341. The molecule has 0 fully saturated rings. The first-order valence-electron chi connectivity index (χ1n) is 5.10. The Kier molecular flexibility index (Phi) is 2.76. The third-order valence-electron chi connectivity index (χ3n) is 2.68. The van der Waals surface area contributed by atoms with Crippen molar-refractivity contribution in [2.75, 3.05) is 12.5 Å². The Morgan fingerprint density at radius 2 is 1.94 bits per heavy atom. The molecule has 0 aliphatic carbocycles. The lowest BCUT2D eigenvalue weighted by Gasteiger charge is -2.26. The van der Waals surface area contributed by atoms with E-state index >= 15 is 0 Å². The second kappa shape index (κ2) is 4.27. The average Bonchev–Trinajstić information content (AvgIpc) is 2.38. The lowest BCUT2D eigenvalue weighted by atomic mass is 9.92. The number of hydrogen-bond donors (Lipinski definition) is 0. The van der Waals surface area contributed by atoms with E-state index in [9.17, 15) is 0 Å². The lowest BCUT2D eigenvalue weighted by Crippen LogP contribution is -2.31. The molecule has 6 heteroatoms. The molecule has 0 saturated carbocycles. The van der Waals surface area contributed by atoms with Gasteiger partial charge in [-0.2, -0.15) is 0 Å². The van der Waals surface area contributed by atoms with Crippen molar-refractivity contribution in [3.8, 4) is 0 Å². The van der Waals surface area contributed by atoms with E-state index in [0.717, 1.165) is 21.7 Å². The standard InChI is InChI=1S/C11H10N4S2/c1-16-7-3-6-4-8(17-2)15-11-9(6)10(14-7)12-5-13-11/h3-5,9H,1-2H3. The summed E-state index contributed by atoms with van der Waals surface area (Å²) in [5, 5.41) is 1.98. The van der Waals surface area contributed by atoms with Crippen LogP contribution in [0.3, 0.4) is 0 Å². The lowest BCUT2D eigenvalue weighted by molar-refractivity contribution is 1.03. The number of aliphatic imine (C=N–C) groups is 4. The van der Waals surface area contributed by atoms with Crippen molar-refractivity contribution in [1.82, 2.24) is 0 Å². The first-order valence-corrected chi connectivity index (χ1v) is 7.55. The Balaban J connectivity index is 2.14. The van der Waals surface area contributed by atoms with Crippen LogP contribution in [0.25, 0.3) is 0 Å². The van der Waals surface area contributed by atoms with Gasteiger partial charge in [0.15, 0.2) is 0 Å². The van der Waals surface area contributed by atoms with Crippen molar-refractivity contribution in [3.63, 3.8) is 0 Å². The topological polar surface area (TPSA) is 49.4 Å². The summed E-state index contributed by atoms with van der Waals surface area (Å²) in [6.07, 6.45) is 9.77. The van der Waals surface area contributed by atoms with Crippen LogP contribution in [-0.2, 0) is 0 Å². The molecule has 0 amide bonds. The maximum Gasteiger partial charge on any atom is 0.146 e. The Morgan fingerprint density at radius 3 is 2.71 bits per heavy atom. The van der Waals surface area contributed by atoms with E-state index in [-0.39, 0.29) is 5.92 Å². The van der Waals surface area contributed by atoms with Crippen LogP contribution in [-0.4, -0.2) is 35.6 Å². The van der Waals surface area contributed by atoms with Gasteiger partial charge in [-0.1, -0.05) is 0 Å². The van der Waals surface area contributed by atoms with Gasteiger partial charge >= 0.3 is 0 Å². The molecule has 3 heterocycles. The summed E-state index contributed by atoms with van der Waals surface area (Å²) in [6, 6.07) is 0. The van der Waals surface area contributed by atoms with Crippen LogP contribution < -0.4 is 0 Å². The number of hydrogen-bond acceptors (Lipinski definition) is 6. The highest BCUT2D eigenvalue weighted by Crippen LogP contribution is 2.33. The fourth-order valence-corrected chi connectivity index (χ4v) is 2.77. The molecule has 3 aliphatic heterocycles. The van der Waals surface area contributed by atoms with Gasteiger partial charge in [0.2, 0.25) is 0 Å². The molecular formula is C11H10N4S2. The summed E-state index contributed by atoms with van der Waals surface area (Å²) in [5.41, 5.74) is 1.19. The molecule has 0 aromatic heterocycles. The average molecular weight is 262 g/mol. The minimum absolute atomic E-state index is 0.0341. The largest absolute Gasteiger partial charge is 0.225 e. The maximum atomic E-state index is 4.50. The number of nitrogens with zero attached hydrogens (tertiary/aromatic N) is 4. The predicted molar refractivity (Wildman–Crippen MR) is 77.5 cm³/mol. The number of dihydropyridines is 1. The van der Waals surface area contributed by atoms with E-state index in [4.69, 9.17) is 0 Å². The summed E-state index contributed by atoms with van der Waals surface area (Å²) < 4.78 is 0. The van der Waals surface area contributed by atoms with Crippen molar-refractivity contribution >= 4 is 46.6 Å². The van der Waals surface area contributed by atoms with Crippen molar-refractivity contribution < 1.29 is 0 Å². The quantitative estimate of drug-likeness (QED) is 0.728. The molecule has 0 N–H and O–H groups in total. The highest BCUT2D eigenvalue weighted by molar-refractivity contribution is 8.13. The molecule has 0 bridgehead atoms. The molecule has 1 unspecified atom stereocenters. The summed E-state index contributed by atoms with van der Waals surface area (Å²) >= 11 is 3.25. The molecule has 0 radical (unpaired) electrons. The second-order valence-electron chi connectivity index (χ2n) is 3.62. The number of amidine groups is 2. The van der Waals surface area contributed by atoms with Gasteiger partial charge in [0.25, 0.3) is 0 Å². The minimum Gasteiger partial charge on any atom is -0.225 e. The summed E-state index contributed by atoms with van der Waals surface area (Å²) in [4.78, 5) is 17.5. The number of thioether (sulfide) groups is 2. The number of rotatable bonds is 1. The van der Waals surface area contributed by atoms with Crippen LogP contribution in [0.2, 0.25) is 0 Å². The zero-order chi connectivity index (χ0) is 11.8. The van der Waals surface area contributed by atoms with Crippen LogP contribution in [0.4, 0.5) is 0 Å². The normalized spacial score (nSPS) is 25.3. The Morgan fingerprint density at radius 1 is 1.06 bits per heavy atom. The van der Waals surface area contributed by atoms with Gasteiger partial charge in [0.05, 0.1) is 10.1 Å². The third kappa shape index (κ3) is 1.81. The van der Waals surface area contributed by atoms with Gasteiger partial charge in [-0.05, 0) is 30.2 Å². The second-order valence-corrected chi connectivity index (χ2v) is 5.27. The molecule has 17 heavy (non-hydrogen) atoms. The molecular weight excluding hydrogens is 252 g/mol. The summed E-state index contributed by atoms with van der Waals surface area (Å²) in [7, 11) is 0. The predicted octanol–water partition coefficient (Wildman–Crippen LogP) is 2.36. The highest BCUT2D eigenvalue weighted by atomic mass is 32.2. The SMILES string of the molecule is CSC1=CC2=CC(SC)=NC3=NC=NC(=N1)C23. The van der Waals surface area contributed by atoms with Crippen LogP contribution >= 0.6 is 23.5 Å². The fourth-order valence-electron chi connectivity index (χ4n) is 1.89. The zero-order valence-corrected chi connectivity index (χ0v) is 11.0. The van der Waals surface area contributed by atoms with E-state index in [1.54, 1.807) is 29.9 Å². The van der Waals surface area contributed by atoms with Crippen molar-refractivity contribution in [1.29, 1.82) is 0 Å². The van der Waals surface area contributed by atoms with Crippen LogP contribution in [0.1, 0.15) is 0 Å². The molecule has 3 rings (SSSR count). The van der Waals surface area contributed by atoms with Gasteiger partial charge in [0, 0.05) is 0 Å². The fraction of sp³-hybridized carbons (Fsp3) is 0.273. The van der Waals surface area contributed by atoms with E-state index in [1.807, 2.05) is 12.5 Å². The Hall–Kier alpha value is -1.14. The molecule has 86 valence electrons. The number of allylic oxidation sites excluding steroid dienone is 1.